The average Bonchev–Trinajstić information content (AvgIpc) is 2.43. The molecule has 1 nitrogen and oxygen atoms in total. The SMILES string of the molecule is Clc1cccc(Cl)c1Cc1ccc2c(c1)CCCN2. The van der Waals surface area contributed by atoms with Crippen LogP contribution in [0.25, 0.3) is 0 Å². The van der Waals surface area contributed by atoms with Gasteiger partial charge in [0.1, 0.15) is 0 Å². The molecular formula is C16H15Cl2N. The van der Waals surface area contributed by atoms with E-state index in [1.165, 1.54) is 23.2 Å². The highest BCUT2D eigenvalue weighted by Crippen LogP contribution is 2.29. The molecule has 0 radical (unpaired) electrons. The molecule has 3 heteroatoms. The number of hydrogen-bond acceptors (Lipinski definition) is 1. The Morgan fingerprint density at radius 1 is 1.05 bits per heavy atom. The first-order valence-corrected chi connectivity index (χ1v) is 7.28. The van der Waals surface area contributed by atoms with Crippen molar-refractivity contribution in [2.24, 2.45) is 0 Å². The average molecular weight is 292 g/mol. The topological polar surface area (TPSA) is 12.0 Å². The summed E-state index contributed by atoms with van der Waals surface area (Å²) in [5.74, 6) is 0. The molecule has 2 aromatic rings. The number of fused-ring (bicyclic) bond motifs is 1. The predicted molar refractivity (Wildman–Crippen MR) is 82.5 cm³/mol. The Morgan fingerprint density at radius 2 is 1.84 bits per heavy atom. The molecule has 0 saturated carbocycles. The minimum Gasteiger partial charge on any atom is -0.385 e. The number of rotatable bonds is 2. The number of halogens is 2. The van der Waals surface area contributed by atoms with Gasteiger partial charge in [0.05, 0.1) is 0 Å². The zero-order valence-corrected chi connectivity index (χ0v) is 12.1. The van der Waals surface area contributed by atoms with Crippen molar-refractivity contribution in [3.8, 4) is 0 Å². The van der Waals surface area contributed by atoms with Crippen molar-refractivity contribution in [2.45, 2.75) is 19.3 Å². The number of hydrogen-bond donors (Lipinski definition) is 1. The van der Waals surface area contributed by atoms with Crippen LogP contribution in [0.3, 0.4) is 0 Å². The molecule has 98 valence electrons. The molecule has 2 aromatic carbocycles. The third-order valence-corrected chi connectivity index (χ3v) is 4.26. The molecule has 0 amide bonds. The minimum absolute atomic E-state index is 0.739. The first-order valence-electron chi connectivity index (χ1n) is 6.52. The Hall–Kier alpha value is -1.18. The minimum atomic E-state index is 0.739. The summed E-state index contributed by atoms with van der Waals surface area (Å²) in [6.07, 6.45) is 3.13. The Balaban J connectivity index is 1.91. The lowest BCUT2D eigenvalue weighted by atomic mass is 9.97. The molecule has 1 aliphatic rings. The van der Waals surface area contributed by atoms with E-state index < -0.39 is 0 Å². The van der Waals surface area contributed by atoms with Crippen molar-refractivity contribution in [2.75, 3.05) is 11.9 Å². The number of aryl methyl sites for hydroxylation is 1. The van der Waals surface area contributed by atoms with Crippen LogP contribution in [0.5, 0.6) is 0 Å². The molecule has 0 aliphatic carbocycles. The van der Waals surface area contributed by atoms with Gasteiger partial charge in [-0.1, -0.05) is 41.4 Å². The van der Waals surface area contributed by atoms with Crippen molar-refractivity contribution in [1.29, 1.82) is 0 Å². The maximum atomic E-state index is 6.23. The lowest BCUT2D eigenvalue weighted by molar-refractivity contribution is 0.828. The highest BCUT2D eigenvalue weighted by atomic mass is 35.5. The summed E-state index contributed by atoms with van der Waals surface area (Å²) in [7, 11) is 0. The summed E-state index contributed by atoms with van der Waals surface area (Å²) in [4.78, 5) is 0. The maximum Gasteiger partial charge on any atom is 0.0456 e. The van der Waals surface area contributed by atoms with Crippen molar-refractivity contribution in [3.63, 3.8) is 0 Å². The van der Waals surface area contributed by atoms with Crippen LogP contribution < -0.4 is 5.32 Å². The lowest BCUT2D eigenvalue weighted by Crippen LogP contribution is -2.11. The summed E-state index contributed by atoms with van der Waals surface area (Å²) < 4.78 is 0. The van der Waals surface area contributed by atoms with Crippen molar-refractivity contribution in [1.82, 2.24) is 0 Å². The van der Waals surface area contributed by atoms with Gasteiger partial charge in [-0.15, -0.1) is 0 Å². The van der Waals surface area contributed by atoms with Gasteiger partial charge in [0.25, 0.3) is 0 Å². The molecule has 0 bridgehead atoms. The van der Waals surface area contributed by atoms with Crippen molar-refractivity contribution in [3.05, 3.63) is 63.1 Å². The molecular weight excluding hydrogens is 277 g/mol. The van der Waals surface area contributed by atoms with Gasteiger partial charge in [-0.25, -0.2) is 0 Å². The summed E-state index contributed by atoms with van der Waals surface area (Å²) in [6, 6.07) is 12.2. The van der Waals surface area contributed by atoms with Gasteiger partial charge < -0.3 is 5.32 Å². The Labute approximate surface area is 123 Å². The second-order valence-electron chi connectivity index (χ2n) is 4.90. The zero-order chi connectivity index (χ0) is 13.2. The highest BCUT2D eigenvalue weighted by molar-refractivity contribution is 6.36. The first kappa shape index (κ1) is 12.8. The summed E-state index contributed by atoms with van der Waals surface area (Å²) in [5, 5.41) is 4.90. The smallest absolute Gasteiger partial charge is 0.0456 e. The van der Waals surface area contributed by atoms with E-state index in [2.05, 4.69) is 23.5 Å². The fraction of sp³-hybridized carbons (Fsp3) is 0.250. The molecule has 1 aliphatic heterocycles. The van der Waals surface area contributed by atoms with Gasteiger partial charge in [-0.2, -0.15) is 0 Å². The Bertz CT molecular complexity index is 587. The molecule has 3 rings (SSSR count). The van der Waals surface area contributed by atoms with E-state index >= 15 is 0 Å². The number of anilines is 1. The number of benzene rings is 2. The normalized spacial score (nSPS) is 13.8. The second-order valence-corrected chi connectivity index (χ2v) is 5.71. The van der Waals surface area contributed by atoms with Crippen LogP contribution >= 0.6 is 23.2 Å². The predicted octanol–water partition coefficient (Wildman–Crippen LogP) is 4.94. The molecule has 1 heterocycles. The molecule has 19 heavy (non-hydrogen) atoms. The molecule has 0 fully saturated rings. The van der Waals surface area contributed by atoms with E-state index in [0.29, 0.717) is 0 Å². The van der Waals surface area contributed by atoms with Crippen LogP contribution in [0.15, 0.2) is 36.4 Å². The highest BCUT2D eigenvalue weighted by Gasteiger charge is 2.11. The second kappa shape index (κ2) is 5.44. The first-order chi connectivity index (χ1) is 9.24. The number of nitrogens with one attached hydrogen (secondary N) is 1. The molecule has 0 unspecified atom stereocenters. The third-order valence-electron chi connectivity index (χ3n) is 3.55. The zero-order valence-electron chi connectivity index (χ0n) is 10.5. The van der Waals surface area contributed by atoms with Crippen LogP contribution in [0.2, 0.25) is 10.0 Å². The van der Waals surface area contributed by atoms with Gasteiger partial charge in [-0.3, -0.25) is 0 Å². The summed E-state index contributed by atoms with van der Waals surface area (Å²) in [6.45, 7) is 1.07. The fourth-order valence-corrected chi connectivity index (χ4v) is 3.07. The van der Waals surface area contributed by atoms with E-state index in [4.69, 9.17) is 23.2 Å². The van der Waals surface area contributed by atoms with Gasteiger partial charge in [0.15, 0.2) is 0 Å². The quantitative estimate of drug-likeness (QED) is 0.826. The Morgan fingerprint density at radius 3 is 2.63 bits per heavy atom. The standard InChI is InChI=1S/C16H15Cl2N/c17-14-4-1-5-15(18)13(14)10-11-6-7-16-12(9-11)3-2-8-19-16/h1,4-7,9,19H,2-3,8,10H2. The third kappa shape index (κ3) is 2.72. The van der Waals surface area contributed by atoms with Crippen LogP contribution in [0, 0.1) is 0 Å². The largest absolute Gasteiger partial charge is 0.385 e. The van der Waals surface area contributed by atoms with Crippen LogP contribution in [-0.2, 0) is 12.8 Å². The van der Waals surface area contributed by atoms with E-state index in [1.807, 2.05) is 18.2 Å². The molecule has 0 aromatic heterocycles. The van der Waals surface area contributed by atoms with E-state index in [9.17, 15) is 0 Å². The Kier molecular flexibility index (Phi) is 3.67. The van der Waals surface area contributed by atoms with E-state index in [-0.39, 0.29) is 0 Å². The fourth-order valence-electron chi connectivity index (χ4n) is 2.54. The van der Waals surface area contributed by atoms with E-state index in [0.717, 1.165) is 35.0 Å². The molecule has 1 N–H and O–H groups in total. The van der Waals surface area contributed by atoms with Crippen molar-refractivity contribution < 1.29 is 0 Å². The van der Waals surface area contributed by atoms with Crippen LogP contribution in [-0.4, -0.2) is 6.54 Å². The molecule has 0 spiro atoms. The molecule has 0 saturated heterocycles. The monoisotopic (exact) mass is 291 g/mol. The van der Waals surface area contributed by atoms with Gasteiger partial charge in [-0.05, 0) is 47.7 Å². The van der Waals surface area contributed by atoms with Gasteiger partial charge in [0, 0.05) is 28.7 Å². The van der Waals surface area contributed by atoms with Crippen LogP contribution in [0.1, 0.15) is 23.1 Å². The van der Waals surface area contributed by atoms with Crippen molar-refractivity contribution >= 4 is 28.9 Å². The van der Waals surface area contributed by atoms with Gasteiger partial charge >= 0.3 is 0 Å². The maximum absolute atomic E-state index is 6.23. The lowest BCUT2D eigenvalue weighted by Gasteiger charge is -2.19. The van der Waals surface area contributed by atoms with E-state index in [1.54, 1.807) is 0 Å². The molecule has 0 atom stereocenters. The summed E-state index contributed by atoms with van der Waals surface area (Å²) in [5.41, 5.74) is 4.93. The van der Waals surface area contributed by atoms with Gasteiger partial charge in [0.2, 0.25) is 0 Å². The summed E-state index contributed by atoms with van der Waals surface area (Å²) >= 11 is 12.5. The van der Waals surface area contributed by atoms with Crippen LogP contribution in [0.4, 0.5) is 5.69 Å².